The minimum atomic E-state index is -4.59. The van der Waals surface area contributed by atoms with Crippen molar-refractivity contribution in [2.45, 2.75) is 53.4 Å². The summed E-state index contributed by atoms with van der Waals surface area (Å²) >= 11 is 0. The van der Waals surface area contributed by atoms with Gasteiger partial charge in [0.05, 0.1) is 12.7 Å². The van der Waals surface area contributed by atoms with E-state index in [1.807, 2.05) is 27.7 Å². The van der Waals surface area contributed by atoms with Crippen LogP contribution < -0.4 is 15.8 Å². The number of anilines is 1. The van der Waals surface area contributed by atoms with Crippen LogP contribution in [0.1, 0.15) is 62.1 Å². The van der Waals surface area contributed by atoms with E-state index in [1.54, 1.807) is 30.3 Å². The van der Waals surface area contributed by atoms with Crippen LogP contribution >= 0.6 is 0 Å². The summed E-state index contributed by atoms with van der Waals surface area (Å²) in [5.41, 5.74) is 6.67. The van der Waals surface area contributed by atoms with Gasteiger partial charge in [-0.05, 0) is 30.7 Å². The molecule has 11 heteroatoms. The van der Waals surface area contributed by atoms with E-state index in [9.17, 15) is 27.6 Å². The number of nitrogens with zero attached hydrogens (tertiary/aromatic N) is 3. The molecule has 2 aromatic carbocycles. The third-order valence-corrected chi connectivity index (χ3v) is 4.99. The zero-order valence-corrected chi connectivity index (χ0v) is 21.6. The first-order valence-electron chi connectivity index (χ1n) is 11.6. The molecule has 0 fully saturated rings. The Morgan fingerprint density at radius 3 is 2.27 bits per heavy atom. The molecule has 200 valence electrons. The van der Waals surface area contributed by atoms with Crippen molar-refractivity contribution < 1.29 is 27.1 Å². The number of aromatic nitrogens is 2. The maximum absolute atomic E-state index is 13.5. The number of carbonyl (C=O) groups is 1. The van der Waals surface area contributed by atoms with Crippen LogP contribution in [-0.4, -0.2) is 29.0 Å². The van der Waals surface area contributed by atoms with Crippen molar-refractivity contribution in [1.29, 1.82) is 5.26 Å². The van der Waals surface area contributed by atoms with E-state index in [2.05, 4.69) is 10.4 Å². The standard InChI is InChI=1S/C22H19F4N5O2.2C2H6/c1-12(22(24,25)26)31-20(28)17(10-27)19(30-31)14-5-3-13(4-6-14)11-29-21(32)16-9-15(23)7-8-18(16)33-2;2*1-2/h3-9,12H,11,28H2,1-2H3,(H,29,32);2*1-2H3. The van der Waals surface area contributed by atoms with E-state index in [1.165, 1.54) is 19.2 Å². The number of methoxy groups -OCH3 is 1. The molecule has 1 atom stereocenters. The first-order valence-corrected chi connectivity index (χ1v) is 11.6. The van der Waals surface area contributed by atoms with Crippen LogP contribution in [0.2, 0.25) is 0 Å². The van der Waals surface area contributed by atoms with Gasteiger partial charge >= 0.3 is 6.18 Å². The number of nitriles is 1. The molecule has 3 rings (SSSR count). The number of alkyl halides is 3. The topological polar surface area (TPSA) is 106 Å². The fraction of sp³-hybridized carbons (Fsp3) is 0.346. The Kier molecular flexibility index (Phi) is 11.6. The number of nitrogen functional groups attached to an aromatic ring is 1. The molecule has 0 saturated carbocycles. The number of nitrogens with two attached hydrogens (primary N) is 1. The van der Waals surface area contributed by atoms with Gasteiger partial charge in [0.1, 0.15) is 40.8 Å². The lowest BCUT2D eigenvalue weighted by molar-refractivity contribution is -0.164. The minimum absolute atomic E-state index is 0.0196. The fourth-order valence-corrected chi connectivity index (χ4v) is 3.11. The van der Waals surface area contributed by atoms with Crippen LogP contribution in [0.4, 0.5) is 23.4 Å². The third kappa shape index (κ3) is 7.46. The van der Waals surface area contributed by atoms with Crippen LogP contribution in [-0.2, 0) is 6.54 Å². The van der Waals surface area contributed by atoms with Crippen molar-refractivity contribution in [3.05, 3.63) is 65.0 Å². The van der Waals surface area contributed by atoms with Crippen molar-refractivity contribution in [2.75, 3.05) is 12.8 Å². The molecule has 3 aromatic rings. The zero-order valence-electron chi connectivity index (χ0n) is 21.6. The third-order valence-electron chi connectivity index (χ3n) is 4.99. The summed E-state index contributed by atoms with van der Waals surface area (Å²) < 4.78 is 58.4. The van der Waals surface area contributed by atoms with E-state index in [4.69, 9.17) is 10.5 Å². The summed E-state index contributed by atoms with van der Waals surface area (Å²) in [6, 6.07) is 9.70. The molecule has 0 spiro atoms. The SMILES string of the molecule is CC.CC.COc1ccc(F)cc1C(=O)NCc1ccc(-c2nn(C(C)C(F)(F)F)c(N)c2C#N)cc1. The van der Waals surface area contributed by atoms with Gasteiger partial charge in [-0.3, -0.25) is 4.79 Å². The number of hydrogen-bond donors (Lipinski definition) is 2. The molecule has 0 bridgehead atoms. The average molecular weight is 522 g/mol. The van der Waals surface area contributed by atoms with Gasteiger partial charge in [0, 0.05) is 12.1 Å². The number of benzene rings is 2. The summed E-state index contributed by atoms with van der Waals surface area (Å²) in [4.78, 5) is 12.4. The second-order valence-electron chi connectivity index (χ2n) is 7.11. The molecule has 0 aliphatic carbocycles. The Hall–Kier alpha value is -4.07. The predicted molar refractivity (Wildman–Crippen MR) is 134 cm³/mol. The lowest BCUT2D eigenvalue weighted by Gasteiger charge is -2.17. The van der Waals surface area contributed by atoms with Crippen LogP contribution in [0.25, 0.3) is 11.3 Å². The fourth-order valence-electron chi connectivity index (χ4n) is 3.11. The van der Waals surface area contributed by atoms with Gasteiger partial charge in [-0.1, -0.05) is 52.0 Å². The highest BCUT2D eigenvalue weighted by Crippen LogP contribution is 2.35. The quantitative estimate of drug-likeness (QED) is 0.373. The molecule has 1 unspecified atom stereocenters. The molecule has 1 heterocycles. The maximum atomic E-state index is 13.5. The Morgan fingerprint density at radius 1 is 1.16 bits per heavy atom. The number of hydrogen-bond acceptors (Lipinski definition) is 5. The van der Waals surface area contributed by atoms with Crippen molar-refractivity contribution >= 4 is 11.7 Å². The highest BCUT2D eigenvalue weighted by Gasteiger charge is 2.40. The van der Waals surface area contributed by atoms with Gasteiger partial charge in [-0.15, -0.1) is 0 Å². The molecule has 37 heavy (non-hydrogen) atoms. The number of carbonyl (C=O) groups excluding carboxylic acids is 1. The molecule has 0 saturated heterocycles. The van der Waals surface area contributed by atoms with Gasteiger partial charge in [0.15, 0.2) is 0 Å². The number of amides is 1. The van der Waals surface area contributed by atoms with Crippen molar-refractivity contribution in [2.24, 2.45) is 0 Å². The Balaban J connectivity index is 0.00000163. The molecule has 0 aliphatic heterocycles. The minimum Gasteiger partial charge on any atom is -0.496 e. The van der Waals surface area contributed by atoms with E-state index in [0.29, 0.717) is 15.8 Å². The van der Waals surface area contributed by atoms with Gasteiger partial charge in [-0.2, -0.15) is 23.5 Å². The number of halogens is 4. The Labute approximate surface area is 213 Å². The second kappa shape index (κ2) is 13.9. The van der Waals surface area contributed by atoms with Crippen molar-refractivity contribution in [3.63, 3.8) is 0 Å². The Morgan fingerprint density at radius 2 is 1.76 bits per heavy atom. The summed E-state index contributed by atoms with van der Waals surface area (Å²) in [7, 11) is 1.36. The van der Waals surface area contributed by atoms with Gasteiger partial charge < -0.3 is 15.8 Å². The maximum Gasteiger partial charge on any atom is 0.410 e. The lowest BCUT2D eigenvalue weighted by Crippen LogP contribution is -2.25. The number of nitrogens with one attached hydrogen (secondary N) is 1. The van der Waals surface area contributed by atoms with E-state index < -0.39 is 23.9 Å². The molecule has 7 nitrogen and oxygen atoms in total. The van der Waals surface area contributed by atoms with Gasteiger partial charge in [-0.25, -0.2) is 9.07 Å². The normalized spacial score (nSPS) is 11.2. The smallest absolute Gasteiger partial charge is 0.410 e. The first kappa shape index (κ1) is 31.0. The van der Waals surface area contributed by atoms with Crippen LogP contribution in [0.3, 0.4) is 0 Å². The first-order chi connectivity index (χ1) is 17.6. The predicted octanol–water partition coefficient (Wildman–Crippen LogP) is 6.26. The zero-order chi connectivity index (χ0) is 28.3. The highest BCUT2D eigenvalue weighted by molar-refractivity contribution is 5.96. The molecule has 1 amide bonds. The van der Waals surface area contributed by atoms with Crippen LogP contribution in [0.5, 0.6) is 5.75 Å². The average Bonchev–Trinajstić information content (AvgIpc) is 3.24. The van der Waals surface area contributed by atoms with Crippen molar-refractivity contribution in [1.82, 2.24) is 15.1 Å². The van der Waals surface area contributed by atoms with Crippen LogP contribution in [0, 0.1) is 17.1 Å². The Bertz CT molecular complexity index is 1220. The number of rotatable bonds is 6. The molecular weight excluding hydrogens is 490 g/mol. The van der Waals surface area contributed by atoms with E-state index in [-0.39, 0.29) is 34.9 Å². The second-order valence-corrected chi connectivity index (χ2v) is 7.11. The lowest BCUT2D eigenvalue weighted by atomic mass is 10.1. The largest absolute Gasteiger partial charge is 0.496 e. The monoisotopic (exact) mass is 521 g/mol. The summed E-state index contributed by atoms with van der Waals surface area (Å²) in [5, 5.41) is 15.9. The van der Waals surface area contributed by atoms with Gasteiger partial charge in [0.25, 0.3) is 5.91 Å². The van der Waals surface area contributed by atoms with Crippen LogP contribution in [0.15, 0.2) is 42.5 Å². The summed E-state index contributed by atoms with van der Waals surface area (Å²) in [6.45, 7) is 8.99. The highest BCUT2D eigenvalue weighted by atomic mass is 19.4. The molecule has 1 aromatic heterocycles. The van der Waals surface area contributed by atoms with E-state index in [0.717, 1.165) is 13.0 Å². The summed E-state index contributed by atoms with van der Waals surface area (Å²) in [6.07, 6.45) is -4.59. The molecule has 0 radical (unpaired) electrons. The summed E-state index contributed by atoms with van der Waals surface area (Å²) in [5.74, 6) is -1.29. The molecule has 3 N–H and O–H groups in total. The molecular formula is C26H31F4N5O2. The van der Waals surface area contributed by atoms with E-state index >= 15 is 0 Å². The number of ether oxygens (including phenoxy) is 1. The molecule has 0 aliphatic rings. The van der Waals surface area contributed by atoms with Gasteiger partial charge in [0.2, 0.25) is 0 Å². The van der Waals surface area contributed by atoms with Crippen molar-refractivity contribution in [3.8, 4) is 23.1 Å².